The maximum absolute atomic E-state index is 6.17. The summed E-state index contributed by atoms with van der Waals surface area (Å²) in [5, 5.41) is 5.75. The molecule has 2 aromatic rings. The summed E-state index contributed by atoms with van der Waals surface area (Å²) in [5.74, 6) is 0. The highest BCUT2D eigenvalue weighted by atomic mass is 16.7. The molecule has 0 amide bonds. The van der Waals surface area contributed by atoms with E-state index in [1.165, 1.54) is 38.0 Å². The highest BCUT2D eigenvalue weighted by molar-refractivity contribution is 6.62. The monoisotopic (exact) mass is 355 g/mol. The van der Waals surface area contributed by atoms with Crippen molar-refractivity contribution in [3.05, 3.63) is 24.4 Å². The lowest BCUT2D eigenvalue weighted by molar-refractivity contribution is 0.00578. The van der Waals surface area contributed by atoms with Crippen molar-refractivity contribution in [2.45, 2.75) is 64.7 Å². The molecule has 2 saturated heterocycles. The summed E-state index contributed by atoms with van der Waals surface area (Å²) in [6.07, 6.45) is 5.81. The average Bonchev–Trinajstić information content (AvgIpc) is 3.27. The average molecular weight is 355 g/mol. The van der Waals surface area contributed by atoms with Crippen molar-refractivity contribution in [1.29, 1.82) is 0 Å². The largest absolute Gasteiger partial charge is 0.494 e. The van der Waals surface area contributed by atoms with Gasteiger partial charge in [0.1, 0.15) is 0 Å². The molecule has 5 nitrogen and oxygen atoms in total. The molecule has 0 bridgehead atoms. The standard InChI is InChI=1S/C20H30BN3O2/c1-19(2)20(3,4)26-21(25-19)17-8-9-18-16(14-17)15-22-24(18)13-7-12-23-10-5-6-11-23/h8-9,14-15H,5-7,10-13H2,1-4H3. The van der Waals surface area contributed by atoms with Crippen LogP contribution in [0.15, 0.2) is 24.4 Å². The molecule has 140 valence electrons. The molecule has 6 heteroatoms. The van der Waals surface area contributed by atoms with E-state index in [1.54, 1.807) is 0 Å². The fraction of sp³-hybridized carbons (Fsp3) is 0.650. The molecule has 26 heavy (non-hydrogen) atoms. The van der Waals surface area contributed by atoms with Gasteiger partial charge >= 0.3 is 7.12 Å². The van der Waals surface area contributed by atoms with Crippen molar-refractivity contribution in [1.82, 2.24) is 14.7 Å². The summed E-state index contributed by atoms with van der Waals surface area (Å²) in [6.45, 7) is 13.0. The Hall–Kier alpha value is -1.37. The van der Waals surface area contributed by atoms with Crippen LogP contribution in [0.2, 0.25) is 0 Å². The van der Waals surface area contributed by atoms with Gasteiger partial charge in [0, 0.05) is 11.9 Å². The number of likely N-dealkylation sites (tertiary alicyclic amines) is 1. The third-order valence-electron chi connectivity index (χ3n) is 6.23. The van der Waals surface area contributed by atoms with Gasteiger partial charge in [0.05, 0.1) is 22.9 Å². The molecule has 0 unspecified atom stereocenters. The number of hydrogen-bond acceptors (Lipinski definition) is 4. The SMILES string of the molecule is CC1(C)OB(c2ccc3c(cnn3CCCN3CCCC3)c2)OC1(C)C. The first-order valence-corrected chi connectivity index (χ1v) is 9.89. The Morgan fingerprint density at radius 3 is 2.42 bits per heavy atom. The van der Waals surface area contributed by atoms with E-state index in [1.807, 2.05) is 6.20 Å². The van der Waals surface area contributed by atoms with Crippen LogP contribution in [0.1, 0.15) is 47.0 Å². The predicted octanol–water partition coefficient (Wildman–Crippen LogP) is 2.82. The Morgan fingerprint density at radius 2 is 1.73 bits per heavy atom. The highest BCUT2D eigenvalue weighted by Crippen LogP contribution is 2.36. The van der Waals surface area contributed by atoms with Crippen molar-refractivity contribution in [2.75, 3.05) is 19.6 Å². The molecule has 0 N–H and O–H groups in total. The Balaban J connectivity index is 1.45. The molecule has 2 aliphatic heterocycles. The molecular formula is C20H30BN3O2. The maximum atomic E-state index is 6.17. The van der Waals surface area contributed by atoms with Crippen LogP contribution in [0.25, 0.3) is 10.9 Å². The van der Waals surface area contributed by atoms with Gasteiger partial charge in [-0.25, -0.2) is 0 Å². The number of fused-ring (bicyclic) bond motifs is 1. The minimum Gasteiger partial charge on any atom is -0.399 e. The molecule has 0 spiro atoms. The lowest BCUT2D eigenvalue weighted by Crippen LogP contribution is -2.41. The van der Waals surface area contributed by atoms with Gasteiger partial charge in [0.2, 0.25) is 0 Å². The fourth-order valence-corrected chi connectivity index (χ4v) is 3.86. The normalized spacial score (nSPS) is 22.5. The lowest BCUT2D eigenvalue weighted by Gasteiger charge is -2.32. The van der Waals surface area contributed by atoms with E-state index in [9.17, 15) is 0 Å². The number of benzene rings is 1. The molecule has 2 aliphatic rings. The van der Waals surface area contributed by atoms with E-state index in [-0.39, 0.29) is 18.3 Å². The van der Waals surface area contributed by atoms with Gasteiger partial charge in [-0.3, -0.25) is 4.68 Å². The third kappa shape index (κ3) is 3.30. The minimum absolute atomic E-state index is 0.313. The summed E-state index contributed by atoms with van der Waals surface area (Å²) >= 11 is 0. The van der Waals surface area contributed by atoms with Gasteiger partial charge in [-0.1, -0.05) is 12.1 Å². The first-order valence-electron chi connectivity index (χ1n) is 9.89. The van der Waals surface area contributed by atoms with E-state index in [0.29, 0.717) is 0 Å². The summed E-state index contributed by atoms with van der Waals surface area (Å²) < 4.78 is 14.5. The van der Waals surface area contributed by atoms with Crippen LogP contribution in [0.4, 0.5) is 0 Å². The van der Waals surface area contributed by atoms with Crippen molar-refractivity contribution >= 4 is 23.5 Å². The molecule has 0 aliphatic carbocycles. The molecule has 2 fully saturated rings. The Kier molecular flexibility index (Phi) is 4.62. The minimum atomic E-state index is -0.317. The third-order valence-corrected chi connectivity index (χ3v) is 6.23. The number of aryl methyl sites for hydroxylation is 1. The van der Waals surface area contributed by atoms with Crippen molar-refractivity contribution in [2.24, 2.45) is 0 Å². The summed E-state index contributed by atoms with van der Waals surface area (Å²) in [7, 11) is -0.317. The lowest BCUT2D eigenvalue weighted by atomic mass is 9.79. The molecule has 1 aromatic heterocycles. The van der Waals surface area contributed by atoms with E-state index in [4.69, 9.17) is 9.31 Å². The van der Waals surface area contributed by atoms with Gasteiger partial charge < -0.3 is 14.2 Å². The maximum Gasteiger partial charge on any atom is 0.494 e. The molecular weight excluding hydrogens is 325 g/mol. The van der Waals surface area contributed by atoms with E-state index < -0.39 is 0 Å². The van der Waals surface area contributed by atoms with Crippen LogP contribution in [-0.2, 0) is 15.9 Å². The van der Waals surface area contributed by atoms with Crippen LogP contribution in [0.3, 0.4) is 0 Å². The highest BCUT2D eigenvalue weighted by Gasteiger charge is 2.51. The molecule has 0 saturated carbocycles. The second kappa shape index (κ2) is 6.66. The van der Waals surface area contributed by atoms with E-state index in [2.05, 4.69) is 60.6 Å². The quantitative estimate of drug-likeness (QED) is 0.774. The van der Waals surface area contributed by atoms with Crippen molar-refractivity contribution in [3.63, 3.8) is 0 Å². The molecule has 0 atom stereocenters. The molecule has 4 rings (SSSR count). The van der Waals surface area contributed by atoms with Gasteiger partial charge in [0.25, 0.3) is 0 Å². The zero-order valence-corrected chi connectivity index (χ0v) is 16.5. The zero-order chi connectivity index (χ0) is 18.4. The van der Waals surface area contributed by atoms with Crippen LogP contribution in [0.5, 0.6) is 0 Å². The predicted molar refractivity (Wildman–Crippen MR) is 106 cm³/mol. The topological polar surface area (TPSA) is 39.5 Å². The zero-order valence-electron chi connectivity index (χ0n) is 16.5. The van der Waals surface area contributed by atoms with Crippen LogP contribution < -0.4 is 5.46 Å². The Bertz CT molecular complexity index is 764. The number of rotatable bonds is 5. The molecule has 0 radical (unpaired) electrons. The van der Waals surface area contributed by atoms with Gasteiger partial charge in [-0.05, 0) is 78.1 Å². The van der Waals surface area contributed by atoms with Crippen LogP contribution >= 0.6 is 0 Å². The summed E-state index contributed by atoms with van der Waals surface area (Å²) in [4.78, 5) is 2.56. The summed E-state index contributed by atoms with van der Waals surface area (Å²) in [5.41, 5.74) is 1.62. The van der Waals surface area contributed by atoms with Crippen molar-refractivity contribution in [3.8, 4) is 0 Å². The van der Waals surface area contributed by atoms with Gasteiger partial charge in [-0.2, -0.15) is 5.10 Å². The number of aromatic nitrogens is 2. The second-order valence-corrected chi connectivity index (χ2v) is 8.68. The molecule has 1 aromatic carbocycles. The number of nitrogens with zero attached hydrogens (tertiary/aromatic N) is 3. The first kappa shape index (κ1) is 18.0. The smallest absolute Gasteiger partial charge is 0.399 e. The molecule has 3 heterocycles. The van der Waals surface area contributed by atoms with Gasteiger partial charge in [0.15, 0.2) is 0 Å². The second-order valence-electron chi connectivity index (χ2n) is 8.68. The van der Waals surface area contributed by atoms with Crippen LogP contribution in [0, 0.1) is 0 Å². The van der Waals surface area contributed by atoms with E-state index in [0.717, 1.165) is 23.8 Å². The Morgan fingerprint density at radius 1 is 1.04 bits per heavy atom. The fourth-order valence-electron chi connectivity index (χ4n) is 3.86. The summed E-state index contributed by atoms with van der Waals surface area (Å²) in [6, 6.07) is 6.42. The van der Waals surface area contributed by atoms with E-state index >= 15 is 0 Å². The van der Waals surface area contributed by atoms with Gasteiger partial charge in [-0.15, -0.1) is 0 Å². The van der Waals surface area contributed by atoms with Crippen molar-refractivity contribution < 1.29 is 9.31 Å². The van der Waals surface area contributed by atoms with Crippen LogP contribution in [-0.4, -0.2) is 52.6 Å². The Labute approximate surface area is 156 Å². The number of hydrogen-bond donors (Lipinski definition) is 0. The first-order chi connectivity index (χ1) is 12.4.